The molecule has 0 atom stereocenters. The van der Waals surface area contributed by atoms with E-state index >= 15 is 0 Å². The third-order valence-electron chi connectivity index (χ3n) is 1.76. The standard InChI is InChI=1S/C9H13FO/c1-9(2,11)7-5-3-4-6-8(7)10/h5-6,11H,3-4H2,1-2H3. The fourth-order valence-corrected chi connectivity index (χ4v) is 1.19. The number of halogens is 1. The quantitative estimate of drug-likeness (QED) is 0.617. The SMILES string of the molecule is CC(C)(O)C1=CCCC=C1F. The van der Waals surface area contributed by atoms with Crippen LogP contribution in [0.3, 0.4) is 0 Å². The molecule has 1 nitrogen and oxygen atoms in total. The molecule has 1 rings (SSSR count). The molecule has 2 heteroatoms. The first-order chi connectivity index (χ1) is 5.02. The van der Waals surface area contributed by atoms with E-state index in [1.807, 2.05) is 0 Å². The van der Waals surface area contributed by atoms with E-state index < -0.39 is 5.60 Å². The van der Waals surface area contributed by atoms with Crippen molar-refractivity contribution in [3.8, 4) is 0 Å². The maximum Gasteiger partial charge on any atom is 0.124 e. The van der Waals surface area contributed by atoms with Crippen molar-refractivity contribution in [2.45, 2.75) is 32.3 Å². The van der Waals surface area contributed by atoms with Gasteiger partial charge in [-0.15, -0.1) is 0 Å². The van der Waals surface area contributed by atoms with Crippen LogP contribution in [-0.2, 0) is 0 Å². The van der Waals surface area contributed by atoms with Gasteiger partial charge < -0.3 is 5.11 Å². The number of hydrogen-bond acceptors (Lipinski definition) is 1. The molecule has 1 aliphatic rings. The molecule has 0 saturated heterocycles. The molecule has 0 aromatic heterocycles. The van der Waals surface area contributed by atoms with Crippen LogP contribution in [0.1, 0.15) is 26.7 Å². The average molecular weight is 156 g/mol. The minimum atomic E-state index is -1.04. The number of rotatable bonds is 1. The molecule has 0 aromatic carbocycles. The molecule has 0 unspecified atom stereocenters. The van der Waals surface area contributed by atoms with Crippen LogP contribution >= 0.6 is 0 Å². The number of allylic oxidation sites excluding steroid dienone is 2. The summed E-state index contributed by atoms with van der Waals surface area (Å²) < 4.78 is 13.0. The summed E-state index contributed by atoms with van der Waals surface area (Å²) in [5.41, 5.74) is -0.621. The minimum absolute atomic E-state index is 0.274. The van der Waals surface area contributed by atoms with Gasteiger partial charge in [0.15, 0.2) is 0 Å². The van der Waals surface area contributed by atoms with E-state index in [9.17, 15) is 9.50 Å². The average Bonchev–Trinajstić information content (AvgIpc) is 1.86. The van der Waals surface area contributed by atoms with Crippen LogP contribution in [0.25, 0.3) is 0 Å². The molecule has 0 saturated carbocycles. The summed E-state index contributed by atoms with van der Waals surface area (Å²) in [5.74, 6) is -0.274. The Labute approximate surface area is 66.2 Å². The molecule has 1 N–H and O–H groups in total. The molecule has 0 spiro atoms. The molecule has 0 amide bonds. The van der Waals surface area contributed by atoms with Gasteiger partial charge in [-0.05, 0) is 32.8 Å². The van der Waals surface area contributed by atoms with E-state index in [0.29, 0.717) is 5.57 Å². The van der Waals surface area contributed by atoms with Crippen molar-refractivity contribution in [3.63, 3.8) is 0 Å². The fraction of sp³-hybridized carbons (Fsp3) is 0.556. The number of hydrogen-bond donors (Lipinski definition) is 1. The van der Waals surface area contributed by atoms with Crippen LogP contribution in [0, 0.1) is 0 Å². The zero-order valence-electron chi connectivity index (χ0n) is 6.89. The van der Waals surface area contributed by atoms with Crippen LogP contribution in [0.15, 0.2) is 23.6 Å². The molecule has 62 valence electrons. The van der Waals surface area contributed by atoms with Crippen molar-refractivity contribution >= 4 is 0 Å². The summed E-state index contributed by atoms with van der Waals surface area (Å²) in [5, 5.41) is 9.46. The highest BCUT2D eigenvalue weighted by Gasteiger charge is 2.23. The number of aliphatic hydroxyl groups is 1. The largest absolute Gasteiger partial charge is 0.386 e. The molecule has 0 aromatic rings. The molecule has 0 aliphatic heterocycles. The van der Waals surface area contributed by atoms with Crippen LogP contribution < -0.4 is 0 Å². The van der Waals surface area contributed by atoms with Crippen LogP contribution in [0.2, 0.25) is 0 Å². The topological polar surface area (TPSA) is 20.2 Å². The van der Waals surface area contributed by atoms with Gasteiger partial charge in [0, 0.05) is 5.57 Å². The molecule has 1 aliphatic carbocycles. The van der Waals surface area contributed by atoms with Crippen molar-refractivity contribution in [2.75, 3.05) is 0 Å². The molecule has 0 bridgehead atoms. The van der Waals surface area contributed by atoms with Gasteiger partial charge in [-0.1, -0.05) is 6.08 Å². The third-order valence-corrected chi connectivity index (χ3v) is 1.76. The van der Waals surface area contributed by atoms with Gasteiger partial charge in [0.2, 0.25) is 0 Å². The van der Waals surface area contributed by atoms with E-state index in [1.54, 1.807) is 19.9 Å². The monoisotopic (exact) mass is 156 g/mol. The predicted molar refractivity (Wildman–Crippen MR) is 42.8 cm³/mol. The Hall–Kier alpha value is -0.630. The van der Waals surface area contributed by atoms with Crippen molar-refractivity contribution < 1.29 is 9.50 Å². The lowest BCUT2D eigenvalue weighted by molar-refractivity contribution is 0.118. The van der Waals surface area contributed by atoms with Crippen molar-refractivity contribution in [1.82, 2.24) is 0 Å². The van der Waals surface area contributed by atoms with Crippen molar-refractivity contribution in [1.29, 1.82) is 0 Å². The lowest BCUT2D eigenvalue weighted by Gasteiger charge is -2.22. The molecular weight excluding hydrogens is 143 g/mol. The zero-order valence-corrected chi connectivity index (χ0v) is 6.89. The summed E-state index contributed by atoms with van der Waals surface area (Å²) in [6, 6.07) is 0. The lowest BCUT2D eigenvalue weighted by Crippen LogP contribution is -2.23. The Balaban J connectivity index is 2.87. The Morgan fingerprint density at radius 3 is 2.27 bits per heavy atom. The fourth-order valence-electron chi connectivity index (χ4n) is 1.19. The summed E-state index contributed by atoms with van der Waals surface area (Å²) >= 11 is 0. The Morgan fingerprint density at radius 1 is 1.36 bits per heavy atom. The van der Waals surface area contributed by atoms with Gasteiger partial charge in [0.25, 0.3) is 0 Å². The van der Waals surface area contributed by atoms with Crippen LogP contribution in [-0.4, -0.2) is 10.7 Å². The molecule has 11 heavy (non-hydrogen) atoms. The second-order valence-electron chi connectivity index (χ2n) is 3.31. The second-order valence-corrected chi connectivity index (χ2v) is 3.31. The molecule has 0 heterocycles. The highest BCUT2D eigenvalue weighted by molar-refractivity contribution is 5.34. The smallest absolute Gasteiger partial charge is 0.124 e. The zero-order chi connectivity index (χ0) is 8.48. The van der Waals surface area contributed by atoms with E-state index in [-0.39, 0.29) is 5.83 Å². The molecule has 0 fully saturated rings. The Morgan fingerprint density at radius 2 is 1.91 bits per heavy atom. The van der Waals surface area contributed by atoms with Gasteiger partial charge in [-0.2, -0.15) is 0 Å². The van der Waals surface area contributed by atoms with E-state index in [1.165, 1.54) is 6.08 Å². The Bertz CT molecular complexity index is 208. The van der Waals surface area contributed by atoms with E-state index in [0.717, 1.165) is 12.8 Å². The summed E-state index contributed by atoms with van der Waals surface area (Å²) in [7, 11) is 0. The summed E-state index contributed by atoms with van der Waals surface area (Å²) in [4.78, 5) is 0. The first kappa shape index (κ1) is 8.47. The van der Waals surface area contributed by atoms with Gasteiger partial charge in [0.05, 0.1) is 5.60 Å². The van der Waals surface area contributed by atoms with Gasteiger partial charge in [0.1, 0.15) is 5.83 Å². The van der Waals surface area contributed by atoms with Crippen LogP contribution in [0.4, 0.5) is 4.39 Å². The van der Waals surface area contributed by atoms with Crippen molar-refractivity contribution in [3.05, 3.63) is 23.6 Å². The van der Waals surface area contributed by atoms with Crippen molar-refractivity contribution in [2.24, 2.45) is 0 Å². The summed E-state index contributed by atoms with van der Waals surface area (Å²) in [6.45, 7) is 3.19. The normalized spacial score (nSPS) is 19.3. The first-order valence-electron chi connectivity index (χ1n) is 3.81. The maximum atomic E-state index is 13.0. The van der Waals surface area contributed by atoms with Gasteiger partial charge in [-0.3, -0.25) is 0 Å². The highest BCUT2D eigenvalue weighted by atomic mass is 19.1. The van der Waals surface area contributed by atoms with Gasteiger partial charge >= 0.3 is 0 Å². The molecular formula is C9H13FO. The van der Waals surface area contributed by atoms with Crippen LogP contribution in [0.5, 0.6) is 0 Å². The van der Waals surface area contributed by atoms with E-state index in [2.05, 4.69) is 0 Å². The third kappa shape index (κ3) is 1.90. The second kappa shape index (κ2) is 2.78. The Kier molecular flexibility index (Phi) is 2.14. The first-order valence-corrected chi connectivity index (χ1v) is 3.81. The summed E-state index contributed by atoms with van der Waals surface area (Å²) in [6.07, 6.45) is 4.85. The molecule has 0 radical (unpaired) electrons. The van der Waals surface area contributed by atoms with E-state index in [4.69, 9.17) is 0 Å². The lowest BCUT2D eigenvalue weighted by atomic mass is 9.92. The minimum Gasteiger partial charge on any atom is -0.386 e. The maximum absolute atomic E-state index is 13.0. The van der Waals surface area contributed by atoms with Gasteiger partial charge in [-0.25, -0.2) is 4.39 Å². The predicted octanol–water partition coefficient (Wildman–Crippen LogP) is 2.33. The highest BCUT2D eigenvalue weighted by Crippen LogP contribution is 2.28.